The number of carbonyl (C=O) groups excluding carboxylic acids is 1. The highest BCUT2D eigenvalue weighted by molar-refractivity contribution is 7.59. The van der Waals surface area contributed by atoms with Crippen LogP contribution in [0.2, 0.25) is 5.28 Å². The van der Waals surface area contributed by atoms with E-state index in [4.69, 9.17) is 31.3 Å². The summed E-state index contributed by atoms with van der Waals surface area (Å²) in [5.41, 5.74) is 6.77. The fourth-order valence-corrected chi connectivity index (χ4v) is 5.65. The van der Waals surface area contributed by atoms with Crippen LogP contribution < -0.4 is 10.3 Å². The Bertz CT molecular complexity index is 1170. The van der Waals surface area contributed by atoms with Gasteiger partial charge in [-0.05, 0) is 44.5 Å². The summed E-state index contributed by atoms with van der Waals surface area (Å²) in [7, 11) is -3.42. The number of ether oxygens (including phenoxy) is 2. The topological polar surface area (TPSA) is 131 Å². The van der Waals surface area contributed by atoms with E-state index in [2.05, 4.69) is 15.0 Å². The highest BCUT2D eigenvalue weighted by Gasteiger charge is 2.32. The van der Waals surface area contributed by atoms with Gasteiger partial charge in [-0.2, -0.15) is 9.97 Å². The minimum atomic E-state index is -3.42. The lowest BCUT2D eigenvalue weighted by molar-refractivity contribution is -0.151. The van der Waals surface area contributed by atoms with Crippen LogP contribution in [0.5, 0.6) is 5.75 Å². The van der Waals surface area contributed by atoms with Crippen molar-refractivity contribution in [3.05, 3.63) is 41.9 Å². The van der Waals surface area contributed by atoms with E-state index in [1.807, 2.05) is 13.0 Å². The molecule has 0 unspecified atom stereocenters. The summed E-state index contributed by atoms with van der Waals surface area (Å²) >= 11 is 5.93. The molecule has 0 saturated carbocycles. The molecule has 0 saturated heterocycles. The molecule has 0 fully saturated rings. The van der Waals surface area contributed by atoms with Gasteiger partial charge < -0.3 is 24.3 Å². The molecule has 0 aliphatic rings. The van der Waals surface area contributed by atoms with Crippen molar-refractivity contribution in [3.8, 4) is 5.75 Å². The molecule has 184 valence electrons. The van der Waals surface area contributed by atoms with Gasteiger partial charge in [0.2, 0.25) is 5.28 Å². The second-order valence-corrected chi connectivity index (χ2v) is 11.1. The number of nitrogen functional groups attached to an aromatic ring is 1. The van der Waals surface area contributed by atoms with Gasteiger partial charge in [0.05, 0.1) is 37.2 Å². The zero-order chi connectivity index (χ0) is 24.9. The molecule has 3 aromatic rings. The number of para-hydroxylation sites is 1. The Morgan fingerprint density at radius 3 is 2.56 bits per heavy atom. The summed E-state index contributed by atoms with van der Waals surface area (Å²) in [5, 5.41) is 0.0170. The van der Waals surface area contributed by atoms with Gasteiger partial charge in [0.1, 0.15) is 17.6 Å². The van der Waals surface area contributed by atoms with Gasteiger partial charge in [-0.25, -0.2) is 4.98 Å². The second-order valence-electron chi connectivity index (χ2n) is 8.34. The quantitative estimate of drug-likeness (QED) is 0.227. The van der Waals surface area contributed by atoms with Gasteiger partial charge in [0.25, 0.3) is 7.37 Å². The molecule has 2 heterocycles. The maximum absolute atomic E-state index is 13.8. The van der Waals surface area contributed by atoms with Crippen molar-refractivity contribution in [2.45, 2.75) is 46.4 Å². The molecular formula is C22H29ClN5O5P. The van der Waals surface area contributed by atoms with Crippen LogP contribution in [0.25, 0.3) is 11.2 Å². The van der Waals surface area contributed by atoms with Crippen molar-refractivity contribution in [1.82, 2.24) is 19.5 Å². The minimum absolute atomic E-state index is 0.0170. The lowest BCUT2D eigenvalue weighted by Crippen LogP contribution is -2.24. The van der Waals surface area contributed by atoms with E-state index in [0.717, 1.165) is 0 Å². The Balaban J connectivity index is 1.71. The standard InChI is InChI=1S/C22H29ClN5O5P/c1-14(2)32-21(29)15(3)11-34(30,33-17-8-6-5-7-9-17)13-31-16(4)10-28-12-25-18-19(24)26-22(23)27-20(18)28/h5-9,12,14-16H,10-11,13H2,1-4H3,(H2,24,26,27)/t15-,16-,34-/m1/s1. The van der Waals surface area contributed by atoms with E-state index in [0.29, 0.717) is 23.5 Å². The Morgan fingerprint density at radius 2 is 1.88 bits per heavy atom. The number of hydrogen-bond donors (Lipinski definition) is 1. The van der Waals surface area contributed by atoms with Crippen LogP contribution in [0.1, 0.15) is 27.7 Å². The number of benzene rings is 1. The molecule has 10 nitrogen and oxygen atoms in total. The molecule has 3 atom stereocenters. The van der Waals surface area contributed by atoms with Crippen LogP contribution in [-0.2, 0) is 25.4 Å². The average molecular weight is 510 g/mol. The molecule has 0 spiro atoms. The number of imidazole rings is 1. The molecular weight excluding hydrogens is 481 g/mol. The van der Waals surface area contributed by atoms with Gasteiger partial charge in [-0.1, -0.05) is 25.1 Å². The normalized spacial score (nSPS) is 15.1. The summed E-state index contributed by atoms with van der Waals surface area (Å²) < 4.78 is 32.6. The molecule has 2 N–H and O–H groups in total. The van der Waals surface area contributed by atoms with E-state index in [9.17, 15) is 9.36 Å². The highest BCUT2D eigenvalue weighted by atomic mass is 35.5. The van der Waals surface area contributed by atoms with Crippen molar-refractivity contribution in [2.24, 2.45) is 5.92 Å². The number of nitrogens with zero attached hydrogens (tertiary/aromatic N) is 4. The van der Waals surface area contributed by atoms with Crippen molar-refractivity contribution < 1.29 is 23.4 Å². The molecule has 12 heteroatoms. The van der Waals surface area contributed by atoms with E-state index in [-0.39, 0.29) is 29.7 Å². The van der Waals surface area contributed by atoms with Gasteiger partial charge in [-0.3, -0.25) is 9.36 Å². The number of rotatable bonds is 11. The number of anilines is 1. The summed E-state index contributed by atoms with van der Waals surface area (Å²) in [4.78, 5) is 24.6. The van der Waals surface area contributed by atoms with Crippen molar-refractivity contribution >= 4 is 41.9 Å². The maximum atomic E-state index is 13.8. The fourth-order valence-electron chi connectivity index (χ4n) is 3.27. The van der Waals surface area contributed by atoms with Crippen molar-refractivity contribution in [1.29, 1.82) is 0 Å². The van der Waals surface area contributed by atoms with Gasteiger partial charge in [0, 0.05) is 0 Å². The summed E-state index contributed by atoms with van der Waals surface area (Å²) in [6, 6.07) is 8.80. The van der Waals surface area contributed by atoms with Gasteiger partial charge in [0.15, 0.2) is 11.5 Å². The molecule has 3 rings (SSSR count). The molecule has 0 aliphatic heterocycles. The first-order chi connectivity index (χ1) is 16.1. The van der Waals surface area contributed by atoms with Gasteiger partial charge >= 0.3 is 5.97 Å². The van der Waals surface area contributed by atoms with Crippen molar-refractivity contribution in [3.63, 3.8) is 0 Å². The van der Waals surface area contributed by atoms with Gasteiger partial charge in [-0.15, -0.1) is 0 Å². The summed E-state index contributed by atoms with van der Waals surface area (Å²) in [6.45, 7) is 7.36. The zero-order valence-electron chi connectivity index (χ0n) is 19.6. The van der Waals surface area contributed by atoms with Crippen LogP contribution in [0.4, 0.5) is 5.82 Å². The molecule has 2 aromatic heterocycles. The number of aromatic nitrogens is 4. The molecule has 34 heavy (non-hydrogen) atoms. The highest BCUT2D eigenvalue weighted by Crippen LogP contribution is 2.49. The Hall–Kier alpha value is -2.68. The molecule has 0 amide bonds. The Labute approximate surface area is 203 Å². The molecule has 1 aromatic carbocycles. The predicted octanol–water partition coefficient (Wildman–Crippen LogP) is 4.37. The monoisotopic (exact) mass is 509 g/mol. The number of hydrogen-bond acceptors (Lipinski definition) is 9. The van der Waals surface area contributed by atoms with Crippen LogP contribution in [0, 0.1) is 5.92 Å². The first kappa shape index (κ1) is 25.9. The maximum Gasteiger partial charge on any atom is 0.309 e. The van der Waals surface area contributed by atoms with Crippen molar-refractivity contribution in [2.75, 3.05) is 18.2 Å². The van der Waals surface area contributed by atoms with Crippen LogP contribution in [-0.4, -0.2) is 50.2 Å². The summed E-state index contributed by atoms with van der Waals surface area (Å²) in [6.07, 6.45) is 0.700. The summed E-state index contributed by atoms with van der Waals surface area (Å²) in [5.74, 6) is -0.437. The van der Waals surface area contributed by atoms with E-state index >= 15 is 0 Å². The van der Waals surface area contributed by atoms with Crippen LogP contribution >= 0.6 is 19.0 Å². The predicted molar refractivity (Wildman–Crippen MR) is 130 cm³/mol. The van der Waals surface area contributed by atoms with E-state index in [1.54, 1.807) is 55.9 Å². The first-order valence-corrected chi connectivity index (χ1v) is 13.2. The lowest BCUT2D eigenvalue weighted by Gasteiger charge is -2.24. The van der Waals surface area contributed by atoms with E-state index in [1.165, 1.54) is 0 Å². The number of nitrogens with two attached hydrogens (primary N) is 1. The SMILES string of the molecule is CC(C)OC(=O)[C@H](C)C[P@](=O)(CO[C@H](C)Cn1cnc2c(N)nc(Cl)nc21)Oc1ccccc1. The van der Waals surface area contributed by atoms with Crippen LogP contribution in [0.15, 0.2) is 36.7 Å². The Morgan fingerprint density at radius 1 is 1.18 bits per heavy atom. The average Bonchev–Trinajstić information content (AvgIpc) is 3.15. The number of esters is 1. The fraction of sp³-hybridized carbons (Fsp3) is 0.455. The third-order valence-corrected chi connectivity index (χ3v) is 7.15. The van der Waals surface area contributed by atoms with Crippen LogP contribution in [0.3, 0.4) is 0 Å². The smallest absolute Gasteiger partial charge is 0.309 e. The number of carbonyl (C=O) groups is 1. The second kappa shape index (κ2) is 11.2. The zero-order valence-corrected chi connectivity index (χ0v) is 21.2. The first-order valence-electron chi connectivity index (χ1n) is 10.8. The number of fused-ring (bicyclic) bond motifs is 1. The third-order valence-electron chi connectivity index (χ3n) is 4.79. The molecule has 0 bridgehead atoms. The largest absolute Gasteiger partial charge is 0.463 e. The third kappa shape index (κ3) is 6.91. The lowest BCUT2D eigenvalue weighted by atomic mass is 10.2. The number of halogens is 1. The Kier molecular flexibility index (Phi) is 8.52. The van der Waals surface area contributed by atoms with E-state index < -0.39 is 25.4 Å². The molecule has 0 radical (unpaired) electrons. The minimum Gasteiger partial charge on any atom is -0.463 e. The molecule has 0 aliphatic carbocycles.